The van der Waals surface area contributed by atoms with Crippen molar-refractivity contribution in [3.63, 3.8) is 0 Å². The number of rotatable bonds is 3. The molecule has 0 aliphatic rings. The highest BCUT2D eigenvalue weighted by atomic mass is 16.1. The van der Waals surface area contributed by atoms with Gasteiger partial charge in [0, 0.05) is 20.0 Å². The second kappa shape index (κ2) is 4.45. The molecule has 0 unspecified atom stereocenters. The third-order valence-electron chi connectivity index (χ3n) is 2.67. The van der Waals surface area contributed by atoms with E-state index in [9.17, 15) is 4.79 Å². The number of likely N-dealkylation sites (N-methyl/N-ethyl adjacent to an activating group) is 1. The van der Waals surface area contributed by atoms with Gasteiger partial charge in [-0.05, 0) is 19.2 Å². The normalized spacial score (nSPS) is 10.9. The maximum atomic E-state index is 12.0. The number of para-hydroxylation sites is 1. The minimum atomic E-state index is 0.0247. The highest BCUT2D eigenvalue weighted by Crippen LogP contribution is 2.07. The summed E-state index contributed by atoms with van der Waals surface area (Å²) in [6, 6.07) is 7.45. The van der Waals surface area contributed by atoms with Crippen LogP contribution in [0.15, 0.2) is 29.1 Å². The van der Waals surface area contributed by atoms with Crippen LogP contribution in [-0.2, 0) is 13.5 Å². The van der Waals surface area contributed by atoms with Crippen molar-refractivity contribution in [2.75, 3.05) is 13.6 Å². The first-order valence-electron chi connectivity index (χ1n) is 5.33. The van der Waals surface area contributed by atoms with E-state index in [2.05, 4.69) is 10.3 Å². The zero-order valence-corrected chi connectivity index (χ0v) is 9.53. The van der Waals surface area contributed by atoms with Crippen LogP contribution in [0.4, 0.5) is 0 Å². The van der Waals surface area contributed by atoms with E-state index in [4.69, 9.17) is 0 Å². The average Bonchev–Trinajstić information content (AvgIpc) is 2.32. The summed E-state index contributed by atoms with van der Waals surface area (Å²) in [6.45, 7) is 0.818. The Morgan fingerprint density at radius 3 is 2.88 bits per heavy atom. The van der Waals surface area contributed by atoms with Crippen LogP contribution in [0.1, 0.15) is 5.82 Å². The molecule has 0 radical (unpaired) electrons. The summed E-state index contributed by atoms with van der Waals surface area (Å²) in [5.74, 6) is 0.818. The third kappa shape index (κ3) is 1.84. The fraction of sp³-hybridized carbons (Fsp3) is 0.333. The average molecular weight is 217 g/mol. The minimum Gasteiger partial charge on any atom is -0.319 e. The molecule has 1 heterocycles. The van der Waals surface area contributed by atoms with Gasteiger partial charge in [0.15, 0.2) is 0 Å². The molecule has 1 N–H and O–H groups in total. The molecular weight excluding hydrogens is 202 g/mol. The number of nitrogens with zero attached hydrogens (tertiary/aromatic N) is 2. The molecule has 4 nitrogen and oxygen atoms in total. The Balaban J connectivity index is 2.60. The van der Waals surface area contributed by atoms with Gasteiger partial charge in [0.2, 0.25) is 0 Å². The van der Waals surface area contributed by atoms with Crippen LogP contribution in [0.3, 0.4) is 0 Å². The van der Waals surface area contributed by atoms with Gasteiger partial charge in [-0.3, -0.25) is 9.36 Å². The van der Waals surface area contributed by atoms with Gasteiger partial charge in [-0.15, -0.1) is 0 Å². The summed E-state index contributed by atoms with van der Waals surface area (Å²) in [7, 11) is 3.66. The molecule has 84 valence electrons. The lowest BCUT2D eigenvalue weighted by molar-refractivity contribution is 0.691. The van der Waals surface area contributed by atoms with Crippen molar-refractivity contribution in [1.82, 2.24) is 14.9 Å². The molecule has 0 bridgehead atoms. The van der Waals surface area contributed by atoms with Crippen molar-refractivity contribution in [3.8, 4) is 0 Å². The summed E-state index contributed by atoms with van der Waals surface area (Å²) in [5.41, 5.74) is 0.799. The molecule has 1 aromatic heterocycles. The van der Waals surface area contributed by atoms with Crippen molar-refractivity contribution in [2.45, 2.75) is 6.42 Å². The first-order chi connectivity index (χ1) is 7.74. The van der Waals surface area contributed by atoms with E-state index in [0.29, 0.717) is 5.39 Å². The second-order valence-electron chi connectivity index (χ2n) is 3.76. The first kappa shape index (κ1) is 10.8. The van der Waals surface area contributed by atoms with Crippen molar-refractivity contribution < 1.29 is 0 Å². The van der Waals surface area contributed by atoms with Crippen LogP contribution in [-0.4, -0.2) is 23.1 Å². The number of hydrogen-bond acceptors (Lipinski definition) is 3. The van der Waals surface area contributed by atoms with Crippen molar-refractivity contribution in [1.29, 1.82) is 0 Å². The molecule has 0 spiro atoms. The van der Waals surface area contributed by atoms with E-state index in [1.165, 1.54) is 0 Å². The van der Waals surface area contributed by atoms with Gasteiger partial charge < -0.3 is 5.32 Å². The molecule has 0 saturated heterocycles. The van der Waals surface area contributed by atoms with Crippen LogP contribution in [0, 0.1) is 0 Å². The molecule has 0 fully saturated rings. The van der Waals surface area contributed by atoms with E-state index in [0.717, 1.165) is 24.3 Å². The predicted octanol–water partition coefficient (Wildman–Crippen LogP) is 0.695. The second-order valence-corrected chi connectivity index (χ2v) is 3.76. The molecule has 0 aliphatic carbocycles. The standard InChI is InChI=1S/C12H15N3O/c1-13-8-7-11-14-10-6-4-3-5-9(10)12(16)15(11)2/h3-6,13H,7-8H2,1-2H3. The van der Waals surface area contributed by atoms with Crippen LogP contribution >= 0.6 is 0 Å². The zero-order valence-electron chi connectivity index (χ0n) is 9.53. The Labute approximate surface area is 93.9 Å². The maximum Gasteiger partial charge on any atom is 0.261 e. The Bertz CT molecular complexity index is 560. The molecule has 1 aromatic carbocycles. The van der Waals surface area contributed by atoms with Crippen molar-refractivity contribution in [3.05, 3.63) is 40.4 Å². The predicted molar refractivity (Wildman–Crippen MR) is 64.6 cm³/mol. The number of fused-ring (bicyclic) bond motifs is 1. The Morgan fingerprint density at radius 2 is 2.12 bits per heavy atom. The number of hydrogen-bond donors (Lipinski definition) is 1. The zero-order chi connectivity index (χ0) is 11.5. The van der Waals surface area contributed by atoms with Crippen LogP contribution in [0.2, 0.25) is 0 Å². The molecular formula is C12H15N3O. The van der Waals surface area contributed by atoms with Gasteiger partial charge in [0.05, 0.1) is 10.9 Å². The van der Waals surface area contributed by atoms with E-state index in [1.807, 2.05) is 31.3 Å². The molecule has 4 heteroatoms. The molecule has 0 saturated carbocycles. The van der Waals surface area contributed by atoms with E-state index in [1.54, 1.807) is 11.6 Å². The number of nitrogens with one attached hydrogen (secondary N) is 1. The molecule has 2 rings (SSSR count). The van der Waals surface area contributed by atoms with E-state index < -0.39 is 0 Å². The summed E-state index contributed by atoms with van der Waals surface area (Å²) in [5, 5.41) is 3.73. The van der Waals surface area contributed by atoms with Gasteiger partial charge in [-0.2, -0.15) is 0 Å². The largest absolute Gasteiger partial charge is 0.319 e. The Morgan fingerprint density at radius 1 is 1.38 bits per heavy atom. The lowest BCUT2D eigenvalue weighted by Crippen LogP contribution is -2.24. The number of aromatic nitrogens is 2. The van der Waals surface area contributed by atoms with Gasteiger partial charge in [0.25, 0.3) is 5.56 Å². The quantitative estimate of drug-likeness (QED) is 0.823. The highest BCUT2D eigenvalue weighted by Gasteiger charge is 2.06. The van der Waals surface area contributed by atoms with E-state index >= 15 is 0 Å². The maximum absolute atomic E-state index is 12.0. The summed E-state index contributed by atoms with van der Waals surface area (Å²) >= 11 is 0. The van der Waals surface area contributed by atoms with Crippen molar-refractivity contribution >= 4 is 10.9 Å². The Hall–Kier alpha value is -1.68. The Kier molecular flexibility index (Phi) is 3.01. The molecule has 0 amide bonds. The van der Waals surface area contributed by atoms with Gasteiger partial charge in [-0.1, -0.05) is 12.1 Å². The van der Waals surface area contributed by atoms with Crippen LogP contribution < -0.4 is 10.9 Å². The van der Waals surface area contributed by atoms with Crippen LogP contribution in [0.5, 0.6) is 0 Å². The van der Waals surface area contributed by atoms with Gasteiger partial charge >= 0.3 is 0 Å². The summed E-state index contributed by atoms with van der Waals surface area (Å²) < 4.78 is 1.62. The molecule has 0 atom stereocenters. The van der Waals surface area contributed by atoms with E-state index in [-0.39, 0.29) is 5.56 Å². The minimum absolute atomic E-state index is 0.0247. The molecule has 2 aromatic rings. The fourth-order valence-corrected chi connectivity index (χ4v) is 1.72. The van der Waals surface area contributed by atoms with Crippen LogP contribution in [0.25, 0.3) is 10.9 Å². The topological polar surface area (TPSA) is 46.9 Å². The molecule has 0 aliphatic heterocycles. The van der Waals surface area contributed by atoms with Gasteiger partial charge in [0.1, 0.15) is 5.82 Å². The lowest BCUT2D eigenvalue weighted by atomic mass is 10.2. The monoisotopic (exact) mass is 217 g/mol. The SMILES string of the molecule is CNCCc1nc2ccccc2c(=O)n1C. The van der Waals surface area contributed by atoms with Gasteiger partial charge in [-0.25, -0.2) is 4.98 Å². The first-order valence-corrected chi connectivity index (χ1v) is 5.33. The number of benzene rings is 1. The molecule has 16 heavy (non-hydrogen) atoms. The third-order valence-corrected chi connectivity index (χ3v) is 2.67. The highest BCUT2D eigenvalue weighted by molar-refractivity contribution is 5.77. The van der Waals surface area contributed by atoms with Crippen molar-refractivity contribution in [2.24, 2.45) is 7.05 Å². The smallest absolute Gasteiger partial charge is 0.261 e. The fourth-order valence-electron chi connectivity index (χ4n) is 1.72. The lowest BCUT2D eigenvalue weighted by Gasteiger charge is -2.08. The summed E-state index contributed by atoms with van der Waals surface area (Å²) in [6.07, 6.45) is 0.757. The summed E-state index contributed by atoms with van der Waals surface area (Å²) in [4.78, 5) is 16.5.